The Balaban J connectivity index is 2.10. The fraction of sp³-hybridized carbons (Fsp3) is 0.467. The van der Waals surface area contributed by atoms with Gasteiger partial charge in [-0.15, -0.1) is 0 Å². The van der Waals surface area contributed by atoms with E-state index in [1.807, 2.05) is 0 Å². The molecule has 0 aromatic heterocycles. The number of allylic oxidation sites excluding steroid dienone is 7. The van der Waals surface area contributed by atoms with Crippen molar-refractivity contribution in [1.82, 2.24) is 0 Å². The Morgan fingerprint density at radius 3 is 3.06 bits per heavy atom. The summed E-state index contributed by atoms with van der Waals surface area (Å²) >= 11 is 0. The minimum absolute atomic E-state index is 0.168. The molecule has 0 fully saturated rings. The molecule has 2 aliphatic rings. The Kier molecular flexibility index (Phi) is 3.79. The van der Waals surface area contributed by atoms with Crippen molar-refractivity contribution in [3.8, 4) is 0 Å². The SMILES string of the molecule is CCC[C@H](O)CC1=C2C=CC=CC2C=CC1. The number of aliphatic hydroxyl groups is 1. The van der Waals surface area contributed by atoms with Crippen molar-refractivity contribution < 1.29 is 5.11 Å². The predicted molar refractivity (Wildman–Crippen MR) is 68.1 cm³/mol. The Bertz CT molecular complexity index is 358. The van der Waals surface area contributed by atoms with E-state index in [2.05, 4.69) is 43.4 Å². The highest BCUT2D eigenvalue weighted by molar-refractivity contribution is 5.43. The molecule has 0 bridgehead atoms. The number of rotatable bonds is 4. The number of aliphatic hydroxyl groups excluding tert-OH is 1. The molecule has 0 saturated heterocycles. The van der Waals surface area contributed by atoms with Crippen LogP contribution in [0.5, 0.6) is 0 Å². The maximum absolute atomic E-state index is 9.89. The summed E-state index contributed by atoms with van der Waals surface area (Å²) < 4.78 is 0. The largest absolute Gasteiger partial charge is 0.393 e. The summed E-state index contributed by atoms with van der Waals surface area (Å²) in [4.78, 5) is 0. The van der Waals surface area contributed by atoms with Crippen LogP contribution >= 0.6 is 0 Å². The molecule has 0 spiro atoms. The van der Waals surface area contributed by atoms with E-state index in [0.717, 1.165) is 25.7 Å². The molecular formula is C15H20O. The van der Waals surface area contributed by atoms with Crippen LogP contribution in [0, 0.1) is 5.92 Å². The lowest BCUT2D eigenvalue weighted by atomic mass is 9.83. The number of hydrogen-bond acceptors (Lipinski definition) is 1. The first-order valence-corrected chi connectivity index (χ1v) is 6.22. The summed E-state index contributed by atoms with van der Waals surface area (Å²) in [6, 6.07) is 0. The monoisotopic (exact) mass is 216 g/mol. The summed E-state index contributed by atoms with van der Waals surface area (Å²) in [7, 11) is 0. The second kappa shape index (κ2) is 5.31. The van der Waals surface area contributed by atoms with Gasteiger partial charge in [0.25, 0.3) is 0 Å². The summed E-state index contributed by atoms with van der Waals surface area (Å²) in [5, 5.41) is 9.89. The van der Waals surface area contributed by atoms with Gasteiger partial charge in [0.1, 0.15) is 0 Å². The molecule has 2 rings (SSSR count). The van der Waals surface area contributed by atoms with Crippen LogP contribution in [-0.2, 0) is 0 Å². The molecule has 86 valence electrons. The Labute approximate surface area is 97.9 Å². The van der Waals surface area contributed by atoms with Crippen LogP contribution in [0.15, 0.2) is 47.6 Å². The van der Waals surface area contributed by atoms with E-state index in [1.54, 1.807) is 0 Å². The van der Waals surface area contributed by atoms with Crippen molar-refractivity contribution in [2.45, 2.75) is 38.7 Å². The zero-order valence-corrected chi connectivity index (χ0v) is 9.89. The van der Waals surface area contributed by atoms with Gasteiger partial charge >= 0.3 is 0 Å². The third-order valence-electron chi connectivity index (χ3n) is 3.28. The molecule has 16 heavy (non-hydrogen) atoms. The van der Waals surface area contributed by atoms with Gasteiger partial charge in [-0.2, -0.15) is 0 Å². The average molecular weight is 216 g/mol. The standard InChI is InChI=1S/C15H20O/c1-2-6-14(16)11-13-9-5-8-12-7-3-4-10-15(12)13/h3-5,7-8,10,12,14,16H,2,6,9,11H2,1H3/t12?,14-/m0/s1. The van der Waals surface area contributed by atoms with Crippen LogP contribution in [0.25, 0.3) is 0 Å². The zero-order chi connectivity index (χ0) is 11.4. The quantitative estimate of drug-likeness (QED) is 0.713. The van der Waals surface area contributed by atoms with E-state index < -0.39 is 0 Å². The van der Waals surface area contributed by atoms with Crippen LogP contribution in [-0.4, -0.2) is 11.2 Å². The molecule has 0 aromatic rings. The van der Waals surface area contributed by atoms with Crippen LogP contribution < -0.4 is 0 Å². The molecule has 0 saturated carbocycles. The second-order valence-electron chi connectivity index (χ2n) is 4.61. The van der Waals surface area contributed by atoms with Gasteiger partial charge in [-0.1, -0.05) is 55.4 Å². The van der Waals surface area contributed by atoms with Gasteiger partial charge < -0.3 is 5.11 Å². The molecule has 0 heterocycles. The normalized spacial score (nSPS) is 24.8. The molecule has 2 aliphatic carbocycles. The summed E-state index contributed by atoms with van der Waals surface area (Å²) in [6.07, 6.45) is 16.7. The Hall–Kier alpha value is -1.08. The molecule has 0 aliphatic heterocycles. The average Bonchev–Trinajstić information content (AvgIpc) is 2.30. The van der Waals surface area contributed by atoms with Gasteiger partial charge in [0, 0.05) is 5.92 Å². The maximum Gasteiger partial charge on any atom is 0.0577 e. The lowest BCUT2D eigenvalue weighted by Gasteiger charge is -2.23. The lowest BCUT2D eigenvalue weighted by Crippen LogP contribution is -2.12. The molecular weight excluding hydrogens is 196 g/mol. The third kappa shape index (κ3) is 2.53. The van der Waals surface area contributed by atoms with Gasteiger partial charge in [-0.05, 0) is 24.8 Å². The Morgan fingerprint density at radius 1 is 1.38 bits per heavy atom. The first-order chi connectivity index (χ1) is 7.81. The smallest absolute Gasteiger partial charge is 0.0577 e. The highest BCUT2D eigenvalue weighted by Gasteiger charge is 2.18. The minimum Gasteiger partial charge on any atom is -0.393 e. The van der Waals surface area contributed by atoms with Gasteiger partial charge in [0.2, 0.25) is 0 Å². The zero-order valence-electron chi connectivity index (χ0n) is 9.89. The van der Waals surface area contributed by atoms with Crippen molar-refractivity contribution in [3.05, 3.63) is 47.6 Å². The maximum atomic E-state index is 9.89. The van der Waals surface area contributed by atoms with Crippen LogP contribution in [0.1, 0.15) is 32.6 Å². The highest BCUT2D eigenvalue weighted by atomic mass is 16.3. The molecule has 1 unspecified atom stereocenters. The summed E-state index contributed by atoms with van der Waals surface area (Å²) in [6.45, 7) is 2.12. The minimum atomic E-state index is -0.168. The fourth-order valence-electron chi connectivity index (χ4n) is 2.47. The van der Waals surface area contributed by atoms with Crippen molar-refractivity contribution in [3.63, 3.8) is 0 Å². The van der Waals surface area contributed by atoms with Crippen molar-refractivity contribution in [2.75, 3.05) is 0 Å². The second-order valence-corrected chi connectivity index (χ2v) is 4.61. The van der Waals surface area contributed by atoms with E-state index >= 15 is 0 Å². The molecule has 1 nitrogen and oxygen atoms in total. The van der Waals surface area contributed by atoms with E-state index in [9.17, 15) is 5.11 Å². The topological polar surface area (TPSA) is 20.2 Å². The van der Waals surface area contributed by atoms with Crippen LogP contribution in [0.4, 0.5) is 0 Å². The Morgan fingerprint density at radius 2 is 2.25 bits per heavy atom. The van der Waals surface area contributed by atoms with Crippen LogP contribution in [0.2, 0.25) is 0 Å². The van der Waals surface area contributed by atoms with E-state index in [1.165, 1.54) is 11.1 Å². The molecule has 0 amide bonds. The lowest BCUT2D eigenvalue weighted by molar-refractivity contribution is 0.162. The van der Waals surface area contributed by atoms with Crippen LogP contribution in [0.3, 0.4) is 0 Å². The van der Waals surface area contributed by atoms with Crippen molar-refractivity contribution in [1.29, 1.82) is 0 Å². The van der Waals surface area contributed by atoms with Crippen molar-refractivity contribution in [2.24, 2.45) is 5.92 Å². The third-order valence-corrected chi connectivity index (χ3v) is 3.28. The molecule has 0 aromatic carbocycles. The molecule has 2 atom stereocenters. The number of hydrogen-bond donors (Lipinski definition) is 1. The molecule has 0 radical (unpaired) electrons. The van der Waals surface area contributed by atoms with Gasteiger partial charge in [-0.3, -0.25) is 0 Å². The summed E-state index contributed by atoms with van der Waals surface area (Å²) in [5.74, 6) is 0.447. The number of fused-ring (bicyclic) bond motifs is 1. The molecule has 1 N–H and O–H groups in total. The van der Waals surface area contributed by atoms with E-state index in [0.29, 0.717) is 5.92 Å². The van der Waals surface area contributed by atoms with Crippen molar-refractivity contribution >= 4 is 0 Å². The summed E-state index contributed by atoms with van der Waals surface area (Å²) in [5.41, 5.74) is 2.81. The van der Waals surface area contributed by atoms with Gasteiger partial charge in [-0.25, -0.2) is 0 Å². The van der Waals surface area contributed by atoms with Gasteiger partial charge in [0.05, 0.1) is 6.10 Å². The first-order valence-electron chi connectivity index (χ1n) is 6.22. The predicted octanol–water partition coefficient (Wildman–Crippen LogP) is 3.54. The van der Waals surface area contributed by atoms with E-state index in [4.69, 9.17) is 0 Å². The van der Waals surface area contributed by atoms with Gasteiger partial charge in [0.15, 0.2) is 0 Å². The highest BCUT2D eigenvalue weighted by Crippen LogP contribution is 2.32. The van der Waals surface area contributed by atoms with E-state index in [-0.39, 0.29) is 6.10 Å². The fourth-order valence-corrected chi connectivity index (χ4v) is 2.47. The molecule has 1 heteroatoms. The first kappa shape index (κ1) is 11.4.